The minimum absolute atomic E-state index is 0.00853. The van der Waals surface area contributed by atoms with Crippen LogP contribution in [0.5, 0.6) is 0 Å². The fourth-order valence-electron chi connectivity index (χ4n) is 6.13. The molecule has 2 aromatic heterocycles. The Morgan fingerprint density at radius 2 is 1.77 bits per heavy atom. The first-order valence-corrected chi connectivity index (χ1v) is 16.6. The molecule has 0 bridgehead atoms. The Balaban J connectivity index is 1.36. The number of hydrogen-bond donors (Lipinski definition) is 1. The summed E-state index contributed by atoms with van der Waals surface area (Å²) in [6, 6.07) is 7.73. The lowest BCUT2D eigenvalue weighted by Crippen LogP contribution is -2.40. The summed E-state index contributed by atoms with van der Waals surface area (Å²) in [5.41, 5.74) is 2.85. The van der Waals surface area contributed by atoms with Crippen LogP contribution in [0.25, 0.3) is 16.7 Å². The van der Waals surface area contributed by atoms with E-state index in [9.17, 15) is 17.6 Å². The Bertz CT molecular complexity index is 1560. The summed E-state index contributed by atoms with van der Waals surface area (Å²) >= 11 is 0. The summed E-state index contributed by atoms with van der Waals surface area (Å²) in [6.07, 6.45) is 6.34. The number of pyridine rings is 1. The Morgan fingerprint density at radius 1 is 1.07 bits per heavy atom. The van der Waals surface area contributed by atoms with Crippen molar-refractivity contribution >= 4 is 32.8 Å². The summed E-state index contributed by atoms with van der Waals surface area (Å²) < 4.78 is 49.1. The molecule has 2 aliphatic heterocycles. The first-order chi connectivity index (χ1) is 20.7. The average Bonchev–Trinajstić information content (AvgIpc) is 3.34. The largest absolute Gasteiger partial charge is 0.379 e. The van der Waals surface area contributed by atoms with Gasteiger partial charge in [-0.25, -0.2) is 18.8 Å². The minimum Gasteiger partial charge on any atom is -0.379 e. The summed E-state index contributed by atoms with van der Waals surface area (Å²) in [4.78, 5) is 22.8. The number of nitrogens with one attached hydrogen (secondary N) is 1. The number of anilines is 1. The van der Waals surface area contributed by atoms with Crippen molar-refractivity contribution in [2.75, 3.05) is 64.9 Å². The molecule has 43 heavy (non-hydrogen) atoms. The van der Waals surface area contributed by atoms with Gasteiger partial charge >= 0.3 is 10.2 Å². The maximum Gasteiger partial charge on any atom is 0.303 e. The molecule has 0 radical (unpaired) electrons. The molecule has 2 saturated heterocycles. The van der Waals surface area contributed by atoms with E-state index >= 15 is 0 Å². The van der Waals surface area contributed by atoms with E-state index < -0.39 is 16.1 Å². The molecule has 4 heterocycles. The number of ether oxygens (including phenoxy) is 1. The summed E-state index contributed by atoms with van der Waals surface area (Å²) in [5.74, 6) is -0.296. The molecule has 1 aliphatic carbocycles. The first kappa shape index (κ1) is 29.9. The third-order valence-electron chi connectivity index (χ3n) is 9.05. The van der Waals surface area contributed by atoms with Gasteiger partial charge in [-0.3, -0.25) is 9.69 Å². The van der Waals surface area contributed by atoms with Crippen molar-refractivity contribution in [3.63, 3.8) is 0 Å². The highest BCUT2D eigenvalue weighted by Gasteiger charge is 2.32. The maximum absolute atomic E-state index is 13.8. The van der Waals surface area contributed by atoms with Crippen LogP contribution in [0.1, 0.15) is 60.6 Å². The Kier molecular flexibility index (Phi) is 8.67. The molecule has 11 nitrogen and oxygen atoms in total. The van der Waals surface area contributed by atoms with Crippen LogP contribution >= 0.6 is 0 Å². The monoisotopic (exact) mass is 613 g/mol. The van der Waals surface area contributed by atoms with Gasteiger partial charge in [0.1, 0.15) is 11.5 Å². The third-order valence-corrected chi connectivity index (χ3v) is 10.5. The molecule has 0 unspecified atom stereocenters. The molecular weight excluding hydrogens is 573 g/mol. The van der Waals surface area contributed by atoms with Gasteiger partial charge in [-0.15, -0.1) is 0 Å². The highest BCUT2D eigenvalue weighted by Crippen LogP contribution is 2.43. The van der Waals surface area contributed by atoms with E-state index in [-0.39, 0.29) is 17.4 Å². The van der Waals surface area contributed by atoms with Gasteiger partial charge in [0.05, 0.1) is 35.7 Å². The molecule has 0 spiro atoms. The number of carbonyl (C=O) groups is 1. The van der Waals surface area contributed by atoms with Crippen molar-refractivity contribution in [3.05, 3.63) is 47.5 Å². The molecule has 0 atom stereocenters. The van der Waals surface area contributed by atoms with E-state index in [0.717, 1.165) is 106 Å². The van der Waals surface area contributed by atoms with Crippen LogP contribution in [-0.4, -0.2) is 98.3 Å². The fraction of sp³-hybridized carbons (Fsp3) is 0.567. The number of aromatic nitrogens is 3. The zero-order valence-electron chi connectivity index (χ0n) is 24.8. The molecule has 1 amide bonds. The number of fused-ring (bicyclic) bond motifs is 1. The van der Waals surface area contributed by atoms with Crippen molar-refractivity contribution < 1.29 is 22.3 Å². The van der Waals surface area contributed by atoms with E-state index in [2.05, 4.69) is 14.5 Å². The van der Waals surface area contributed by atoms with Gasteiger partial charge in [0.25, 0.3) is 5.91 Å². The van der Waals surface area contributed by atoms with Crippen molar-refractivity contribution in [1.29, 1.82) is 0 Å². The van der Waals surface area contributed by atoms with Gasteiger partial charge in [0.2, 0.25) is 0 Å². The number of benzene rings is 1. The number of halogens is 1. The molecule has 6 rings (SSSR count). The van der Waals surface area contributed by atoms with Gasteiger partial charge in [0, 0.05) is 46.2 Å². The fourth-order valence-corrected chi connectivity index (χ4v) is 6.65. The number of amides is 1. The van der Waals surface area contributed by atoms with Gasteiger partial charge in [0.15, 0.2) is 5.65 Å². The number of morpholine rings is 1. The zero-order valence-corrected chi connectivity index (χ0v) is 25.7. The van der Waals surface area contributed by atoms with E-state index in [1.54, 1.807) is 22.9 Å². The minimum atomic E-state index is -4.03. The number of hydrogen-bond acceptors (Lipinski definition) is 8. The Labute approximate surface area is 252 Å². The van der Waals surface area contributed by atoms with Gasteiger partial charge < -0.3 is 9.64 Å². The molecular formula is C30H40FN7O4S. The predicted octanol–water partition coefficient (Wildman–Crippen LogP) is 3.30. The Morgan fingerprint density at radius 3 is 2.40 bits per heavy atom. The third kappa shape index (κ3) is 6.40. The van der Waals surface area contributed by atoms with Gasteiger partial charge in [-0.05, 0) is 74.9 Å². The Hall–Kier alpha value is -3.13. The zero-order chi connectivity index (χ0) is 30.1. The molecule has 1 N–H and O–H groups in total. The second kappa shape index (κ2) is 12.5. The molecule has 3 aliphatic rings. The van der Waals surface area contributed by atoms with E-state index in [4.69, 9.17) is 14.8 Å². The average molecular weight is 614 g/mol. The summed E-state index contributed by atoms with van der Waals surface area (Å²) in [7, 11) is -1.31. The van der Waals surface area contributed by atoms with Crippen LogP contribution in [0.4, 0.5) is 10.1 Å². The van der Waals surface area contributed by atoms with Crippen LogP contribution < -0.4 is 9.62 Å². The van der Waals surface area contributed by atoms with Crippen LogP contribution in [0.2, 0.25) is 0 Å². The summed E-state index contributed by atoms with van der Waals surface area (Å²) in [5, 5.41) is 5.88. The van der Waals surface area contributed by atoms with Crippen molar-refractivity contribution in [2.45, 2.75) is 44.4 Å². The first-order valence-electron chi connectivity index (χ1n) is 15.2. The quantitative estimate of drug-likeness (QED) is 0.391. The van der Waals surface area contributed by atoms with E-state index in [1.807, 2.05) is 0 Å². The lowest BCUT2D eigenvalue weighted by molar-refractivity contribution is 0.0349. The lowest BCUT2D eigenvalue weighted by Gasteiger charge is -2.36. The van der Waals surface area contributed by atoms with Crippen LogP contribution in [0.3, 0.4) is 0 Å². The van der Waals surface area contributed by atoms with Crippen molar-refractivity contribution in [3.8, 4) is 5.69 Å². The summed E-state index contributed by atoms with van der Waals surface area (Å²) in [6.45, 7) is 6.29. The standard InChI is InChI=1S/C30H40FN7O4S/c1-35(2)43(40,41)34-30(39)25-20-26(37-14-11-21(12-15-37)10-13-36-16-18-42-19-17-36)27-28(22-4-3-5-22)33-38(29(27)32-25)24-8-6-23(31)7-9-24/h6-9,20-22H,3-5,10-19H2,1-2H3,(H,34,39). The highest BCUT2D eigenvalue weighted by molar-refractivity contribution is 7.87. The lowest BCUT2D eigenvalue weighted by atomic mass is 9.81. The van der Waals surface area contributed by atoms with Crippen LogP contribution in [0.15, 0.2) is 30.3 Å². The molecule has 1 aromatic carbocycles. The second-order valence-corrected chi connectivity index (χ2v) is 13.9. The maximum atomic E-state index is 13.8. The predicted molar refractivity (Wildman–Crippen MR) is 162 cm³/mol. The number of rotatable bonds is 9. The number of nitrogens with zero attached hydrogens (tertiary/aromatic N) is 6. The van der Waals surface area contributed by atoms with Crippen molar-refractivity contribution in [1.82, 2.24) is 28.7 Å². The normalized spacial score (nSPS) is 19.2. The van der Waals surface area contributed by atoms with Crippen molar-refractivity contribution in [2.24, 2.45) is 5.92 Å². The highest BCUT2D eigenvalue weighted by atomic mass is 32.2. The molecule has 1 saturated carbocycles. The van der Waals surface area contributed by atoms with Crippen LogP contribution in [-0.2, 0) is 14.9 Å². The van der Waals surface area contributed by atoms with Crippen LogP contribution in [0, 0.1) is 11.7 Å². The molecule has 232 valence electrons. The molecule has 3 fully saturated rings. The SMILES string of the molecule is CN(C)S(=O)(=O)NC(=O)c1cc(N2CCC(CCN3CCOCC3)CC2)c2c(C3CCC3)nn(-c3ccc(F)cc3)c2n1. The second-order valence-electron chi connectivity index (χ2n) is 12.0. The molecule has 3 aromatic rings. The number of piperidine rings is 1. The van der Waals surface area contributed by atoms with E-state index in [1.165, 1.54) is 26.2 Å². The van der Waals surface area contributed by atoms with Gasteiger partial charge in [-0.2, -0.15) is 17.8 Å². The smallest absolute Gasteiger partial charge is 0.303 e. The topological polar surface area (TPSA) is 113 Å². The number of carbonyl (C=O) groups excluding carboxylic acids is 1. The van der Waals surface area contributed by atoms with E-state index in [0.29, 0.717) is 17.3 Å². The van der Waals surface area contributed by atoms with Gasteiger partial charge in [-0.1, -0.05) is 6.42 Å². The molecule has 13 heteroatoms.